The van der Waals surface area contributed by atoms with Crippen LogP contribution in [0.15, 0.2) is 41.3 Å². The van der Waals surface area contributed by atoms with Crippen molar-refractivity contribution >= 4 is 44.6 Å². The van der Waals surface area contributed by atoms with E-state index in [1.54, 1.807) is 0 Å². The molecule has 2 rings (SSSR count). The summed E-state index contributed by atoms with van der Waals surface area (Å²) in [7, 11) is -3.94. The molecule has 8 heteroatoms. The third-order valence-electron chi connectivity index (χ3n) is 2.44. The molecule has 2 aromatic carbocycles. The number of hydrogen-bond donors (Lipinski definition) is 2. The third kappa shape index (κ3) is 3.15. The first-order chi connectivity index (χ1) is 9.29. The zero-order valence-electron chi connectivity index (χ0n) is 9.90. The zero-order chi connectivity index (χ0) is 14.9. The minimum absolute atomic E-state index is 0.0510. The first-order valence-corrected chi connectivity index (χ1v) is 7.56. The topological polar surface area (TPSA) is 72.2 Å². The predicted molar refractivity (Wildman–Crippen MR) is 78.1 cm³/mol. The van der Waals surface area contributed by atoms with Crippen molar-refractivity contribution in [2.24, 2.45) is 0 Å². The van der Waals surface area contributed by atoms with Gasteiger partial charge in [-0.3, -0.25) is 4.72 Å². The summed E-state index contributed by atoms with van der Waals surface area (Å²) in [4.78, 5) is -0.162. The number of halogens is 3. The summed E-state index contributed by atoms with van der Waals surface area (Å²) in [6, 6.07) is 7.56. The lowest BCUT2D eigenvalue weighted by molar-refractivity contribution is 0.601. The SMILES string of the molecule is Nc1ccc(Cl)cc1S(=O)(=O)Nc1ccc(F)c(Cl)c1. The Morgan fingerprint density at radius 1 is 1.10 bits per heavy atom. The van der Waals surface area contributed by atoms with Gasteiger partial charge in [-0.25, -0.2) is 12.8 Å². The van der Waals surface area contributed by atoms with Gasteiger partial charge in [0, 0.05) is 5.02 Å². The Kier molecular flexibility index (Phi) is 4.08. The Morgan fingerprint density at radius 3 is 2.45 bits per heavy atom. The van der Waals surface area contributed by atoms with Gasteiger partial charge in [0.1, 0.15) is 10.7 Å². The van der Waals surface area contributed by atoms with Gasteiger partial charge in [-0.15, -0.1) is 0 Å². The molecule has 0 saturated carbocycles. The number of nitrogens with two attached hydrogens (primary N) is 1. The first-order valence-electron chi connectivity index (χ1n) is 5.32. The van der Waals surface area contributed by atoms with Gasteiger partial charge in [-0.05, 0) is 36.4 Å². The van der Waals surface area contributed by atoms with Crippen LogP contribution in [-0.2, 0) is 10.0 Å². The maximum atomic E-state index is 13.0. The van der Waals surface area contributed by atoms with Crippen LogP contribution in [0, 0.1) is 5.82 Å². The van der Waals surface area contributed by atoms with E-state index < -0.39 is 15.8 Å². The van der Waals surface area contributed by atoms with E-state index in [2.05, 4.69) is 4.72 Å². The number of anilines is 2. The maximum Gasteiger partial charge on any atom is 0.263 e. The molecule has 0 radical (unpaired) electrons. The molecule has 106 valence electrons. The maximum absolute atomic E-state index is 13.0. The summed E-state index contributed by atoms with van der Waals surface area (Å²) in [5, 5.41) is 0.0426. The average Bonchev–Trinajstić information content (AvgIpc) is 2.36. The molecule has 3 N–H and O–H groups in total. The highest BCUT2D eigenvalue weighted by Gasteiger charge is 2.18. The van der Waals surface area contributed by atoms with Crippen LogP contribution in [0.5, 0.6) is 0 Å². The fourth-order valence-corrected chi connectivity index (χ4v) is 3.14. The Bertz CT molecular complexity index is 766. The second-order valence-corrected chi connectivity index (χ2v) is 6.41. The molecule has 0 amide bonds. The van der Waals surface area contributed by atoms with Crippen molar-refractivity contribution in [3.63, 3.8) is 0 Å². The van der Waals surface area contributed by atoms with Crippen LogP contribution in [0.4, 0.5) is 15.8 Å². The Balaban J connectivity index is 2.40. The summed E-state index contributed by atoms with van der Waals surface area (Å²) < 4.78 is 39.6. The van der Waals surface area contributed by atoms with Crippen molar-refractivity contribution in [2.45, 2.75) is 4.90 Å². The lowest BCUT2D eigenvalue weighted by Crippen LogP contribution is -2.14. The van der Waals surface area contributed by atoms with Gasteiger partial charge in [0.05, 0.1) is 16.4 Å². The predicted octanol–water partition coefficient (Wildman–Crippen LogP) is 3.52. The lowest BCUT2D eigenvalue weighted by atomic mass is 10.3. The summed E-state index contributed by atoms with van der Waals surface area (Å²) >= 11 is 11.3. The molecule has 0 aliphatic heterocycles. The molecule has 2 aromatic rings. The zero-order valence-corrected chi connectivity index (χ0v) is 12.2. The standard InChI is InChI=1S/C12H9Cl2FN2O2S/c13-7-1-4-11(16)12(5-7)20(18,19)17-8-2-3-10(15)9(14)6-8/h1-6,17H,16H2. The van der Waals surface area contributed by atoms with Crippen molar-refractivity contribution in [1.82, 2.24) is 0 Å². The molecule has 0 saturated heterocycles. The van der Waals surface area contributed by atoms with E-state index in [4.69, 9.17) is 28.9 Å². The van der Waals surface area contributed by atoms with Crippen LogP contribution in [0.1, 0.15) is 0 Å². The van der Waals surface area contributed by atoms with E-state index in [0.717, 1.165) is 12.1 Å². The van der Waals surface area contributed by atoms with Crippen LogP contribution >= 0.6 is 23.2 Å². The lowest BCUT2D eigenvalue weighted by Gasteiger charge is -2.11. The molecule has 0 unspecified atom stereocenters. The number of sulfonamides is 1. The highest BCUT2D eigenvalue weighted by atomic mass is 35.5. The molecule has 0 spiro atoms. The second kappa shape index (κ2) is 5.47. The van der Waals surface area contributed by atoms with Gasteiger partial charge >= 0.3 is 0 Å². The van der Waals surface area contributed by atoms with Crippen molar-refractivity contribution in [3.8, 4) is 0 Å². The minimum Gasteiger partial charge on any atom is -0.398 e. The fourth-order valence-electron chi connectivity index (χ4n) is 1.51. The normalized spacial score (nSPS) is 11.3. The molecule has 0 atom stereocenters. The molecular formula is C12H9Cl2FN2O2S. The van der Waals surface area contributed by atoms with E-state index in [-0.39, 0.29) is 26.3 Å². The van der Waals surface area contributed by atoms with Crippen LogP contribution in [0.3, 0.4) is 0 Å². The van der Waals surface area contributed by atoms with Gasteiger partial charge in [-0.1, -0.05) is 23.2 Å². The molecule has 0 heterocycles. The minimum atomic E-state index is -3.94. The van der Waals surface area contributed by atoms with Crippen LogP contribution in [0.25, 0.3) is 0 Å². The highest BCUT2D eigenvalue weighted by Crippen LogP contribution is 2.26. The smallest absolute Gasteiger partial charge is 0.263 e. The number of rotatable bonds is 3. The van der Waals surface area contributed by atoms with E-state index in [1.165, 1.54) is 24.3 Å². The quantitative estimate of drug-likeness (QED) is 0.843. The van der Waals surface area contributed by atoms with Crippen molar-refractivity contribution in [1.29, 1.82) is 0 Å². The monoisotopic (exact) mass is 334 g/mol. The second-order valence-electron chi connectivity index (χ2n) is 3.92. The van der Waals surface area contributed by atoms with Crippen molar-refractivity contribution < 1.29 is 12.8 Å². The van der Waals surface area contributed by atoms with E-state index >= 15 is 0 Å². The van der Waals surface area contributed by atoms with Crippen molar-refractivity contribution in [2.75, 3.05) is 10.5 Å². The summed E-state index contributed by atoms with van der Waals surface area (Å²) in [5.74, 6) is -0.642. The third-order valence-corrected chi connectivity index (χ3v) is 4.40. The Morgan fingerprint density at radius 2 is 1.80 bits per heavy atom. The van der Waals surface area contributed by atoms with Gasteiger partial charge in [0.15, 0.2) is 0 Å². The van der Waals surface area contributed by atoms with E-state index in [9.17, 15) is 12.8 Å². The summed E-state index contributed by atoms with van der Waals surface area (Å²) in [6.45, 7) is 0. The first kappa shape index (κ1) is 14.9. The Labute approximate surface area is 125 Å². The van der Waals surface area contributed by atoms with Gasteiger partial charge in [-0.2, -0.15) is 0 Å². The molecule has 4 nitrogen and oxygen atoms in total. The van der Waals surface area contributed by atoms with Crippen LogP contribution in [0.2, 0.25) is 10.0 Å². The van der Waals surface area contributed by atoms with Gasteiger partial charge < -0.3 is 5.73 Å². The summed E-state index contributed by atoms with van der Waals surface area (Å²) in [5.41, 5.74) is 5.79. The number of benzene rings is 2. The molecule has 0 aromatic heterocycles. The number of nitrogen functional groups attached to an aromatic ring is 1. The van der Waals surface area contributed by atoms with Crippen LogP contribution < -0.4 is 10.5 Å². The molecule has 20 heavy (non-hydrogen) atoms. The number of nitrogens with one attached hydrogen (secondary N) is 1. The fraction of sp³-hybridized carbons (Fsp3) is 0. The molecular weight excluding hydrogens is 326 g/mol. The molecule has 0 bridgehead atoms. The number of hydrogen-bond acceptors (Lipinski definition) is 3. The van der Waals surface area contributed by atoms with Crippen molar-refractivity contribution in [3.05, 3.63) is 52.3 Å². The van der Waals surface area contributed by atoms with Crippen LogP contribution in [-0.4, -0.2) is 8.42 Å². The molecule has 0 aliphatic rings. The largest absolute Gasteiger partial charge is 0.398 e. The molecule has 0 aliphatic carbocycles. The summed E-state index contributed by atoms with van der Waals surface area (Å²) in [6.07, 6.45) is 0. The highest BCUT2D eigenvalue weighted by molar-refractivity contribution is 7.92. The Hall–Kier alpha value is -1.50. The van der Waals surface area contributed by atoms with E-state index in [1.807, 2.05) is 0 Å². The van der Waals surface area contributed by atoms with E-state index in [0.29, 0.717) is 0 Å². The van der Waals surface area contributed by atoms with Gasteiger partial charge in [0.2, 0.25) is 0 Å². The average molecular weight is 335 g/mol. The molecule has 0 fully saturated rings. The van der Waals surface area contributed by atoms with Gasteiger partial charge in [0.25, 0.3) is 10.0 Å².